The van der Waals surface area contributed by atoms with Crippen molar-refractivity contribution in [3.8, 4) is 6.07 Å². The molecule has 0 radical (unpaired) electrons. The van der Waals surface area contributed by atoms with Crippen molar-refractivity contribution in [3.63, 3.8) is 0 Å². The smallest absolute Gasteiger partial charge is 0.325 e. The van der Waals surface area contributed by atoms with Crippen LogP contribution in [0.25, 0.3) is 0 Å². The molecule has 1 aromatic rings. The zero-order valence-electron chi connectivity index (χ0n) is 14.5. The van der Waals surface area contributed by atoms with Crippen molar-refractivity contribution in [3.05, 3.63) is 35.4 Å². The number of carbonyl (C=O) groups is 3. The van der Waals surface area contributed by atoms with Crippen LogP contribution in [0.3, 0.4) is 0 Å². The van der Waals surface area contributed by atoms with E-state index in [1.165, 1.54) is 0 Å². The number of carbonyl (C=O) groups excluding carboxylic acids is 3. The highest BCUT2D eigenvalue weighted by Gasteiger charge is 2.49. The fourth-order valence-electron chi connectivity index (χ4n) is 2.72. The fourth-order valence-corrected chi connectivity index (χ4v) is 2.72. The molecule has 0 aromatic heterocycles. The van der Waals surface area contributed by atoms with E-state index < -0.39 is 17.5 Å². The monoisotopic (exact) mass is 342 g/mol. The third kappa shape index (κ3) is 3.97. The third-order valence-corrected chi connectivity index (χ3v) is 4.27. The van der Waals surface area contributed by atoms with Gasteiger partial charge in [0.15, 0.2) is 0 Å². The Hall–Kier alpha value is -2.88. The maximum atomic E-state index is 12.7. The van der Waals surface area contributed by atoms with E-state index >= 15 is 0 Å². The van der Waals surface area contributed by atoms with Gasteiger partial charge in [-0.1, -0.05) is 31.9 Å². The Morgan fingerprint density at radius 3 is 2.56 bits per heavy atom. The lowest BCUT2D eigenvalue weighted by Gasteiger charge is -2.22. The van der Waals surface area contributed by atoms with Crippen molar-refractivity contribution in [1.82, 2.24) is 15.5 Å². The standard InChI is InChI=1S/C18H22N4O3/c1-3-4-5-10-20-15(23)12-22-16(24)18(2,21-17(22)25)14-8-6-13(11-19)7-9-14/h6-9H,3-5,10,12H2,1-2H3,(H,20,23)(H,21,25). The minimum Gasteiger partial charge on any atom is -0.355 e. The van der Waals surface area contributed by atoms with E-state index in [9.17, 15) is 14.4 Å². The zero-order valence-corrected chi connectivity index (χ0v) is 14.5. The molecule has 0 spiro atoms. The molecule has 0 bridgehead atoms. The van der Waals surface area contributed by atoms with Gasteiger partial charge in [0.05, 0.1) is 11.6 Å². The van der Waals surface area contributed by atoms with E-state index in [4.69, 9.17) is 5.26 Å². The molecular formula is C18H22N4O3. The van der Waals surface area contributed by atoms with Crippen molar-refractivity contribution in [2.24, 2.45) is 0 Å². The molecule has 2 N–H and O–H groups in total. The maximum Gasteiger partial charge on any atom is 0.325 e. The minimum atomic E-state index is -1.24. The number of amides is 4. The molecule has 1 aliphatic rings. The van der Waals surface area contributed by atoms with Gasteiger partial charge < -0.3 is 10.6 Å². The fraction of sp³-hybridized carbons (Fsp3) is 0.444. The normalized spacial score (nSPS) is 19.5. The van der Waals surface area contributed by atoms with Gasteiger partial charge in [-0.25, -0.2) is 4.79 Å². The van der Waals surface area contributed by atoms with Crippen LogP contribution >= 0.6 is 0 Å². The first-order chi connectivity index (χ1) is 11.9. The lowest BCUT2D eigenvalue weighted by Crippen LogP contribution is -2.43. The van der Waals surface area contributed by atoms with Crippen LogP contribution in [0, 0.1) is 11.3 Å². The highest BCUT2D eigenvalue weighted by Crippen LogP contribution is 2.28. The first kappa shape index (κ1) is 18.5. The molecule has 2 rings (SSSR count). The van der Waals surface area contributed by atoms with Crippen molar-refractivity contribution in [2.45, 2.75) is 38.6 Å². The molecule has 1 heterocycles. The molecule has 1 saturated heterocycles. The molecule has 0 aliphatic carbocycles. The Kier molecular flexibility index (Phi) is 5.75. The van der Waals surface area contributed by atoms with Crippen LogP contribution in [0.5, 0.6) is 0 Å². The molecule has 1 fully saturated rings. The summed E-state index contributed by atoms with van der Waals surface area (Å²) in [7, 11) is 0. The Balaban J connectivity index is 2.05. The van der Waals surface area contributed by atoms with Crippen LogP contribution < -0.4 is 10.6 Å². The number of imide groups is 1. The second kappa shape index (κ2) is 7.79. The SMILES string of the molecule is CCCCCNC(=O)CN1C(=O)NC(C)(c2ccc(C#N)cc2)C1=O. The molecule has 1 aliphatic heterocycles. The van der Waals surface area contributed by atoms with E-state index in [0.29, 0.717) is 17.7 Å². The summed E-state index contributed by atoms with van der Waals surface area (Å²) in [5.74, 6) is -0.838. The number of hydrogen-bond donors (Lipinski definition) is 2. The van der Waals surface area contributed by atoms with E-state index in [-0.39, 0.29) is 12.5 Å². The van der Waals surface area contributed by atoms with Crippen LogP contribution in [0.1, 0.15) is 44.2 Å². The topological polar surface area (TPSA) is 102 Å². The van der Waals surface area contributed by atoms with Gasteiger partial charge in [-0.15, -0.1) is 0 Å². The summed E-state index contributed by atoms with van der Waals surface area (Å²) >= 11 is 0. The number of hydrogen-bond acceptors (Lipinski definition) is 4. The van der Waals surface area contributed by atoms with E-state index in [2.05, 4.69) is 17.6 Å². The van der Waals surface area contributed by atoms with Gasteiger partial charge in [-0.05, 0) is 31.0 Å². The molecule has 7 nitrogen and oxygen atoms in total. The van der Waals surface area contributed by atoms with E-state index in [1.807, 2.05) is 6.07 Å². The van der Waals surface area contributed by atoms with Crippen LogP contribution in [-0.2, 0) is 15.1 Å². The Bertz CT molecular complexity index is 708. The predicted octanol–water partition coefficient (Wildman–Crippen LogP) is 1.63. The second-order valence-corrected chi connectivity index (χ2v) is 6.19. The van der Waals surface area contributed by atoms with Gasteiger partial charge in [-0.2, -0.15) is 5.26 Å². The van der Waals surface area contributed by atoms with Gasteiger partial charge in [0.1, 0.15) is 12.1 Å². The van der Waals surface area contributed by atoms with Crippen molar-refractivity contribution in [2.75, 3.05) is 13.1 Å². The maximum absolute atomic E-state index is 12.7. The van der Waals surface area contributed by atoms with Crippen LogP contribution in [0.4, 0.5) is 4.79 Å². The van der Waals surface area contributed by atoms with Crippen molar-refractivity contribution < 1.29 is 14.4 Å². The number of unbranched alkanes of at least 4 members (excludes halogenated alkanes) is 2. The predicted molar refractivity (Wildman–Crippen MR) is 91.3 cm³/mol. The van der Waals surface area contributed by atoms with Crippen molar-refractivity contribution in [1.29, 1.82) is 5.26 Å². The van der Waals surface area contributed by atoms with Crippen molar-refractivity contribution >= 4 is 17.8 Å². The van der Waals surface area contributed by atoms with Gasteiger partial charge in [0, 0.05) is 6.54 Å². The summed E-state index contributed by atoms with van der Waals surface area (Å²) in [4.78, 5) is 37.8. The number of nitriles is 1. The summed E-state index contributed by atoms with van der Waals surface area (Å²) in [5.41, 5.74) is -0.212. The van der Waals surface area contributed by atoms with Crippen LogP contribution in [0.2, 0.25) is 0 Å². The highest BCUT2D eigenvalue weighted by molar-refractivity contribution is 6.09. The van der Waals surface area contributed by atoms with Gasteiger partial charge in [0.2, 0.25) is 5.91 Å². The van der Waals surface area contributed by atoms with Gasteiger partial charge in [-0.3, -0.25) is 14.5 Å². The third-order valence-electron chi connectivity index (χ3n) is 4.27. The zero-order chi connectivity index (χ0) is 18.4. The number of nitrogens with zero attached hydrogens (tertiary/aromatic N) is 2. The molecule has 4 amide bonds. The Morgan fingerprint density at radius 1 is 1.28 bits per heavy atom. The average molecular weight is 342 g/mol. The Labute approximate surface area is 147 Å². The summed E-state index contributed by atoms with van der Waals surface area (Å²) in [6.07, 6.45) is 2.93. The summed E-state index contributed by atoms with van der Waals surface area (Å²) < 4.78 is 0. The quantitative estimate of drug-likeness (QED) is 0.581. The van der Waals surface area contributed by atoms with E-state index in [0.717, 1.165) is 24.2 Å². The van der Waals surface area contributed by atoms with Crippen LogP contribution in [0.15, 0.2) is 24.3 Å². The van der Waals surface area contributed by atoms with Crippen LogP contribution in [-0.4, -0.2) is 35.8 Å². The molecule has 1 unspecified atom stereocenters. The first-order valence-corrected chi connectivity index (χ1v) is 8.34. The number of rotatable bonds is 7. The molecule has 25 heavy (non-hydrogen) atoms. The highest BCUT2D eigenvalue weighted by atomic mass is 16.2. The van der Waals surface area contributed by atoms with Gasteiger partial charge in [0.25, 0.3) is 5.91 Å². The summed E-state index contributed by atoms with van der Waals surface area (Å²) in [5, 5.41) is 14.2. The van der Waals surface area contributed by atoms with Gasteiger partial charge >= 0.3 is 6.03 Å². The summed E-state index contributed by atoms with van der Waals surface area (Å²) in [6.45, 7) is 3.89. The lowest BCUT2D eigenvalue weighted by molar-refractivity contribution is -0.134. The average Bonchev–Trinajstić information content (AvgIpc) is 2.83. The molecule has 1 aromatic carbocycles. The summed E-state index contributed by atoms with van der Waals surface area (Å²) in [6, 6.07) is 7.84. The van der Waals surface area contributed by atoms with E-state index in [1.54, 1.807) is 31.2 Å². The largest absolute Gasteiger partial charge is 0.355 e. The number of nitrogens with one attached hydrogen (secondary N) is 2. The molecule has 132 valence electrons. The number of urea groups is 1. The lowest BCUT2D eigenvalue weighted by atomic mass is 9.91. The number of benzene rings is 1. The molecular weight excluding hydrogens is 320 g/mol. The molecule has 7 heteroatoms. The molecule has 1 atom stereocenters. The Morgan fingerprint density at radius 2 is 1.96 bits per heavy atom. The molecule has 0 saturated carbocycles. The first-order valence-electron chi connectivity index (χ1n) is 8.34. The minimum absolute atomic E-state index is 0.303. The second-order valence-electron chi connectivity index (χ2n) is 6.19.